The van der Waals surface area contributed by atoms with Gasteiger partial charge in [0.05, 0.1) is 0 Å². The smallest absolute Gasteiger partial charge is 0.319 e. The van der Waals surface area contributed by atoms with Crippen molar-refractivity contribution in [3.63, 3.8) is 0 Å². The van der Waals surface area contributed by atoms with Gasteiger partial charge in [0, 0.05) is 18.3 Å². The van der Waals surface area contributed by atoms with E-state index < -0.39 is 0 Å². The molecule has 2 fully saturated rings. The number of hydrogen-bond acceptors (Lipinski definition) is 3. The molecule has 4 rings (SSSR count). The van der Waals surface area contributed by atoms with E-state index in [4.69, 9.17) is 0 Å². The van der Waals surface area contributed by atoms with Gasteiger partial charge in [0.15, 0.2) is 13.0 Å². The van der Waals surface area contributed by atoms with Gasteiger partial charge in [-0.1, -0.05) is 49.6 Å². The van der Waals surface area contributed by atoms with Gasteiger partial charge in [-0.2, -0.15) is 0 Å². The quantitative estimate of drug-likeness (QED) is 0.785. The standard InChI is InChI=1S/C22H30BN3OS/c23-20-15-24-21(28-20)25-22(27)26(18-9-5-2-6-10-18)19-13-11-17(12-14-19)16-7-3-1-4-8-16/h1,3-4,7-8,15,17-19H,2,5-6,9-14,23H2,(H,24,25,27). The van der Waals surface area contributed by atoms with E-state index in [1.807, 2.05) is 14.0 Å². The number of nitrogens with zero attached hydrogens (tertiary/aromatic N) is 2. The molecule has 0 saturated heterocycles. The SMILES string of the molecule is Bc1cnc(NC(=O)N(C2CCCCC2)C2CCC(c3ccccc3)CC2)s1. The monoisotopic (exact) mass is 395 g/mol. The van der Waals surface area contributed by atoms with E-state index in [-0.39, 0.29) is 6.03 Å². The third-order valence-electron chi connectivity index (χ3n) is 6.40. The number of benzene rings is 1. The van der Waals surface area contributed by atoms with Crippen LogP contribution in [-0.2, 0) is 0 Å². The third kappa shape index (κ3) is 4.60. The molecule has 28 heavy (non-hydrogen) atoms. The summed E-state index contributed by atoms with van der Waals surface area (Å²) in [6.07, 6.45) is 12.4. The van der Waals surface area contributed by atoms with Crippen LogP contribution in [0.2, 0.25) is 0 Å². The second-order valence-electron chi connectivity index (χ2n) is 8.32. The Morgan fingerprint density at radius 3 is 2.32 bits per heavy atom. The molecule has 0 unspecified atom stereocenters. The summed E-state index contributed by atoms with van der Waals surface area (Å²) in [5.41, 5.74) is 1.45. The summed E-state index contributed by atoms with van der Waals surface area (Å²) in [7, 11) is 2.02. The van der Waals surface area contributed by atoms with E-state index in [1.165, 1.54) is 37.7 Å². The molecular weight excluding hydrogens is 365 g/mol. The van der Waals surface area contributed by atoms with Crippen molar-refractivity contribution in [2.24, 2.45) is 0 Å². The Morgan fingerprint density at radius 2 is 1.68 bits per heavy atom. The van der Waals surface area contributed by atoms with Gasteiger partial charge >= 0.3 is 6.03 Å². The molecule has 2 aliphatic carbocycles. The van der Waals surface area contributed by atoms with Crippen LogP contribution in [0.15, 0.2) is 36.5 Å². The van der Waals surface area contributed by atoms with Crippen molar-refractivity contribution in [2.45, 2.75) is 75.8 Å². The number of nitrogens with one attached hydrogen (secondary N) is 1. The minimum atomic E-state index is 0.0596. The molecule has 2 aliphatic rings. The van der Waals surface area contributed by atoms with Gasteiger partial charge in [0.2, 0.25) is 0 Å². The largest absolute Gasteiger partial charge is 0.324 e. The number of carbonyl (C=O) groups is 1. The van der Waals surface area contributed by atoms with Gasteiger partial charge in [-0.05, 0) is 54.8 Å². The summed E-state index contributed by atoms with van der Waals surface area (Å²) in [5.74, 6) is 0.635. The molecule has 1 heterocycles. The Labute approximate surface area is 173 Å². The summed E-state index contributed by atoms with van der Waals surface area (Å²) in [4.78, 5) is 19.8. The number of amides is 2. The highest BCUT2D eigenvalue weighted by molar-refractivity contribution is 7.23. The first-order valence-electron chi connectivity index (χ1n) is 10.8. The van der Waals surface area contributed by atoms with Gasteiger partial charge in [0.1, 0.15) is 0 Å². The molecule has 0 radical (unpaired) electrons. The first-order chi connectivity index (χ1) is 13.7. The first-order valence-corrected chi connectivity index (χ1v) is 11.6. The molecule has 4 nitrogen and oxygen atoms in total. The summed E-state index contributed by atoms with van der Waals surface area (Å²) in [5, 5.41) is 3.82. The van der Waals surface area contributed by atoms with Crippen molar-refractivity contribution in [1.29, 1.82) is 0 Å². The second-order valence-corrected chi connectivity index (χ2v) is 9.56. The normalized spacial score (nSPS) is 23.3. The molecule has 2 aromatic rings. The number of aromatic nitrogens is 1. The average molecular weight is 395 g/mol. The molecule has 148 valence electrons. The van der Waals surface area contributed by atoms with Crippen molar-refractivity contribution in [3.8, 4) is 0 Å². The second kappa shape index (κ2) is 9.12. The summed E-state index contributed by atoms with van der Waals surface area (Å²) in [6, 6.07) is 11.7. The van der Waals surface area contributed by atoms with Crippen LogP contribution in [0.4, 0.5) is 9.93 Å². The lowest BCUT2D eigenvalue weighted by Gasteiger charge is -2.42. The van der Waals surface area contributed by atoms with Crippen molar-refractivity contribution in [3.05, 3.63) is 42.1 Å². The number of anilines is 1. The van der Waals surface area contributed by atoms with Crippen LogP contribution in [0.5, 0.6) is 0 Å². The molecule has 1 aromatic heterocycles. The van der Waals surface area contributed by atoms with Gasteiger partial charge in [-0.25, -0.2) is 9.78 Å². The number of carbonyl (C=O) groups excluding carboxylic acids is 1. The highest BCUT2D eigenvalue weighted by Crippen LogP contribution is 2.37. The highest BCUT2D eigenvalue weighted by Gasteiger charge is 2.34. The predicted molar refractivity (Wildman–Crippen MR) is 119 cm³/mol. The van der Waals surface area contributed by atoms with Gasteiger partial charge < -0.3 is 4.90 Å². The number of rotatable bonds is 4. The lowest BCUT2D eigenvalue weighted by molar-refractivity contribution is 0.110. The van der Waals surface area contributed by atoms with Crippen molar-refractivity contribution in [1.82, 2.24) is 9.88 Å². The van der Waals surface area contributed by atoms with Crippen molar-refractivity contribution in [2.75, 3.05) is 5.32 Å². The number of thiazole rings is 1. The molecule has 1 N–H and O–H groups in total. The van der Waals surface area contributed by atoms with Crippen LogP contribution in [0, 0.1) is 0 Å². The molecular formula is C22H30BN3OS. The maximum Gasteiger partial charge on any atom is 0.324 e. The lowest BCUT2D eigenvalue weighted by atomic mass is 9.80. The maximum atomic E-state index is 13.3. The zero-order chi connectivity index (χ0) is 19.3. The Balaban J connectivity index is 1.45. The van der Waals surface area contributed by atoms with E-state index >= 15 is 0 Å². The third-order valence-corrected chi connectivity index (χ3v) is 7.23. The zero-order valence-electron chi connectivity index (χ0n) is 16.8. The maximum absolute atomic E-state index is 13.3. The summed E-state index contributed by atoms with van der Waals surface area (Å²) >= 11 is 1.55. The van der Waals surface area contributed by atoms with Gasteiger partial charge in [0.25, 0.3) is 0 Å². The fraction of sp³-hybridized carbons (Fsp3) is 0.545. The van der Waals surface area contributed by atoms with E-state index in [1.54, 1.807) is 11.3 Å². The van der Waals surface area contributed by atoms with E-state index in [0.717, 1.165) is 35.6 Å². The fourth-order valence-corrected chi connectivity index (χ4v) is 5.62. The van der Waals surface area contributed by atoms with E-state index in [2.05, 4.69) is 45.5 Å². The van der Waals surface area contributed by atoms with Gasteiger partial charge in [-0.3, -0.25) is 5.32 Å². The first kappa shape index (κ1) is 19.5. The Kier molecular flexibility index (Phi) is 6.35. The molecule has 0 aliphatic heterocycles. The molecule has 2 saturated carbocycles. The van der Waals surface area contributed by atoms with Crippen molar-refractivity contribution >= 4 is 35.1 Å². The molecule has 0 atom stereocenters. The summed E-state index contributed by atoms with van der Waals surface area (Å²) in [6.45, 7) is 0. The average Bonchev–Trinajstić information content (AvgIpc) is 3.15. The number of urea groups is 1. The highest BCUT2D eigenvalue weighted by atomic mass is 32.1. The van der Waals surface area contributed by atoms with Crippen LogP contribution in [0.1, 0.15) is 69.3 Å². The molecule has 2 amide bonds. The molecule has 0 spiro atoms. The predicted octanol–water partition coefficient (Wildman–Crippen LogP) is 4.29. The minimum Gasteiger partial charge on any atom is -0.319 e. The van der Waals surface area contributed by atoms with Crippen LogP contribution in [0.3, 0.4) is 0 Å². The molecule has 6 heteroatoms. The Morgan fingerprint density at radius 1 is 1.00 bits per heavy atom. The fourth-order valence-electron chi connectivity index (χ4n) is 4.97. The van der Waals surface area contributed by atoms with Crippen LogP contribution < -0.4 is 10.1 Å². The van der Waals surface area contributed by atoms with Crippen molar-refractivity contribution < 1.29 is 4.79 Å². The lowest BCUT2D eigenvalue weighted by Crippen LogP contribution is -2.50. The Hall–Kier alpha value is -1.82. The zero-order valence-corrected chi connectivity index (χ0v) is 17.6. The topological polar surface area (TPSA) is 45.2 Å². The van der Waals surface area contributed by atoms with Crippen LogP contribution >= 0.6 is 11.3 Å². The summed E-state index contributed by atoms with van der Waals surface area (Å²) < 4.78 is 1.13. The van der Waals surface area contributed by atoms with E-state index in [9.17, 15) is 4.79 Å². The van der Waals surface area contributed by atoms with Gasteiger partial charge in [-0.15, -0.1) is 11.3 Å². The number of hydrogen-bond donors (Lipinski definition) is 1. The minimum absolute atomic E-state index is 0.0596. The molecule has 1 aromatic carbocycles. The Bertz CT molecular complexity index is 767. The van der Waals surface area contributed by atoms with Crippen LogP contribution in [0.25, 0.3) is 0 Å². The van der Waals surface area contributed by atoms with Crippen LogP contribution in [-0.4, -0.2) is 35.8 Å². The molecule has 0 bridgehead atoms. The van der Waals surface area contributed by atoms with E-state index in [0.29, 0.717) is 18.0 Å².